The van der Waals surface area contributed by atoms with Crippen molar-refractivity contribution in [3.8, 4) is 0 Å². The molecule has 2 saturated heterocycles. The standard InChI is InChI=1S/C21H29FN2O2/c1-16-11-14-23(15-12-16)21(26)19-5-3-13-24(19)20(25)6-2-4-17-7-9-18(22)10-8-17/h7-10,16,19H,2-6,11-15H2,1H3/t19-/m0/s1. The van der Waals surface area contributed by atoms with Crippen LogP contribution < -0.4 is 0 Å². The summed E-state index contributed by atoms with van der Waals surface area (Å²) in [6.45, 7) is 4.57. The lowest BCUT2D eigenvalue weighted by Crippen LogP contribution is -2.49. The Morgan fingerprint density at radius 1 is 1.08 bits per heavy atom. The lowest BCUT2D eigenvalue weighted by atomic mass is 9.98. The second kappa shape index (κ2) is 8.65. The molecule has 142 valence electrons. The first kappa shape index (κ1) is 18.9. The maximum absolute atomic E-state index is 12.9. The Morgan fingerprint density at radius 3 is 2.46 bits per heavy atom. The van der Waals surface area contributed by atoms with Crippen LogP contribution in [-0.2, 0) is 16.0 Å². The normalized spacial score (nSPS) is 21.2. The van der Waals surface area contributed by atoms with Crippen LogP contribution in [-0.4, -0.2) is 47.3 Å². The molecule has 2 amide bonds. The smallest absolute Gasteiger partial charge is 0.245 e. The molecule has 0 N–H and O–H groups in total. The summed E-state index contributed by atoms with van der Waals surface area (Å²) in [5, 5.41) is 0. The first-order chi connectivity index (χ1) is 12.5. The highest BCUT2D eigenvalue weighted by atomic mass is 19.1. The molecule has 2 heterocycles. The maximum atomic E-state index is 12.9. The van der Waals surface area contributed by atoms with E-state index in [4.69, 9.17) is 0 Å². The van der Waals surface area contributed by atoms with E-state index in [-0.39, 0.29) is 23.7 Å². The van der Waals surface area contributed by atoms with E-state index in [0.29, 0.717) is 18.9 Å². The summed E-state index contributed by atoms with van der Waals surface area (Å²) >= 11 is 0. The van der Waals surface area contributed by atoms with Gasteiger partial charge in [0.1, 0.15) is 11.9 Å². The summed E-state index contributed by atoms with van der Waals surface area (Å²) in [7, 11) is 0. The van der Waals surface area contributed by atoms with Gasteiger partial charge >= 0.3 is 0 Å². The highest BCUT2D eigenvalue weighted by Crippen LogP contribution is 2.24. The van der Waals surface area contributed by atoms with Gasteiger partial charge in [-0.05, 0) is 62.1 Å². The number of aryl methyl sites for hydroxylation is 1. The van der Waals surface area contributed by atoms with Crippen LogP contribution in [0.5, 0.6) is 0 Å². The number of carbonyl (C=O) groups is 2. The number of piperidine rings is 1. The summed E-state index contributed by atoms with van der Waals surface area (Å²) in [4.78, 5) is 29.2. The average Bonchev–Trinajstić information content (AvgIpc) is 3.13. The van der Waals surface area contributed by atoms with Gasteiger partial charge in [0.25, 0.3) is 0 Å². The molecule has 4 nitrogen and oxygen atoms in total. The molecule has 2 fully saturated rings. The van der Waals surface area contributed by atoms with Gasteiger partial charge in [-0.25, -0.2) is 4.39 Å². The molecule has 2 aliphatic heterocycles. The largest absolute Gasteiger partial charge is 0.341 e. The fourth-order valence-corrected chi connectivity index (χ4v) is 4.00. The first-order valence-corrected chi connectivity index (χ1v) is 9.87. The van der Waals surface area contributed by atoms with Crippen LogP contribution in [0.3, 0.4) is 0 Å². The predicted molar refractivity (Wildman–Crippen MR) is 99.1 cm³/mol. The van der Waals surface area contributed by atoms with Crippen LogP contribution in [0.2, 0.25) is 0 Å². The Morgan fingerprint density at radius 2 is 1.77 bits per heavy atom. The van der Waals surface area contributed by atoms with Crippen molar-refractivity contribution in [1.82, 2.24) is 9.80 Å². The number of carbonyl (C=O) groups excluding carboxylic acids is 2. The van der Waals surface area contributed by atoms with Gasteiger partial charge in [-0.15, -0.1) is 0 Å². The molecule has 5 heteroatoms. The molecule has 2 aliphatic rings. The summed E-state index contributed by atoms with van der Waals surface area (Å²) < 4.78 is 12.9. The van der Waals surface area contributed by atoms with Crippen molar-refractivity contribution in [2.75, 3.05) is 19.6 Å². The molecule has 0 bridgehead atoms. The molecule has 0 aromatic heterocycles. The zero-order chi connectivity index (χ0) is 18.5. The quantitative estimate of drug-likeness (QED) is 0.807. The van der Waals surface area contributed by atoms with E-state index in [1.54, 1.807) is 17.0 Å². The number of nitrogens with zero attached hydrogens (tertiary/aromatic N) is 2. The van der Waals surface area contributed by atoms with Crippen molar-refractivity contribution >= 4 is 11.8 Å². The third-order valence-corrected chi connectivity index (χ3v) is 5.72. The maximum Gasteiger partial charge on any atom is 0.245 e. The predicted octanol–water partition coefficient (Wildman–Crippen LogP) is 3.40. The summed E-state index contributed by atoms with van der Waals surface area (Å²) in [5.74, 6) is 0.664. The van der Waals surface area contributed by atoms with Gasteiger partial charge in [0.05, 0.1) is 0 Å². The Balaban J connectivity index is 1.49. The van der Waals surface area contributed by atoms with Gasteiger partial charge in [0.2, 0.25) is 11.8 Å². The molecule has 0 saturated carbocycles. The Hall–Kier alpha value is -1.91. The highest BCUT2D eigenvalue weighted by molar-refractivity contribution is 5.88. The van der Waals surface area contributed by atoms with Crippen molar-refractivity contribution in [1.29, 1.82) is 0 Å². The molecule has 1 aromatic rings. The monoisotopic (exact) mass is 360 g/mol. The van der Waals surface area contributed by atoms with Crippen molar-refractivity contribution in [3.63, 3.8) is 0 Å². The van der Waals surface area contributed by atoms with Gasteiger partial charge in [0, 0.05) is 26.1 Å². The van der Waals surface area contributed by atoms with E-state index in [1.165, 1.54) is 12.1 Å². The van der Waals surface area contributed by atoms with Gasteiger partial charge in [0.15, 0.2) is 0 Å². The van der Waals surface area contributed by atoms with Crippen molar-refractivity contribution in [3.05, 3.63) is 35.6 Å². The fourth-order valence-electron chi connectivity index (χ4n) is 4.00. The molecule has 1 aromatic carbocycles. The van der Waals surface area contributed by atoms with Crippen LogP contribution in [0, 0.1) is 11.7 Å². The van der Waals surface area contributed by atoms with E-state index < -0.39 is 0 Å². The Labute approximate surface area is 155 Å². The van der Waals surface area contributed by atoms with Crippen LogP contribution in [0.15, 0.2) is 24.3 Å². The van der Waals surface area contributed by atoms with Gasteiger partial charge in [-0.2, -0.15) is 0 Å². The van der Waals surface area contributed by atoms with Crippen LogP contribution in [0.4, 0.5) is 4.39 Å². The second-order valence-corrected chi connectivity index (χ2v) is 7.73. The van der Waals surface area contributed by atoms with Gasteiger partial charge in [-0.1, -0.05) is 19.1 Å². The van der Waals surface area contributed by atoms with Gasteiger partial charge < -0.3 is 9.80 Å². The molecule has 0 unspecified atom stereocenters. The highest BCUT2D eigenvalue weighted by Gasteiger charge is 2.36. The van der Waals surface area contributed by atoms with Crippen LogP contribution in [0.1, 0.15) is 51.0 Å². The molecule has 0 radical (unpaired) electrons. The minimum absolute atomic E-state index is 0.0772. The lowest BCUT2D eigenvalue weighted by Gasteiger charge is -2.34. The van der Waals surface area contributed by atoms with Crippen LogP contribution in [0.25, 0.3) is 0 Å². The number of rotatable bonds is 5. The van der Waals surface area contributed by atoms with Crippen LogP contribution >= 0.6 is 0 Å². The minimum atomic E-state index is -0.262. The van der Waals surface area contributed by atoms with E-state index in [9.17, 15) is 14.0 Å². The van der Waals surface area contributed by atoms with E-state index in [2.05, 4.69) is 6.92 Å². The Bertz CT molecular complexity index is 623. The van der Waals surface area contributed by atoms with E-state index in [1.807, 2.05) is 4.90 Å². The van der Waals surface area contributed by atoms with Crippen molar-refractivity contribution < 1.29 is 14.0 Å². The molecule has 1 atom stereocenters. The number of benzene rings is 1. The summed E-state index contributed by atoms with van der Waals surface area (Å²) in [5.41, 5.74) is 1.04. The third kappa shape index (κ3) is 4.63. The molecular formula is C21H29FN2O2. The molecular weight excluding hydrogens is 331 g/mol. The number of hydrogen-bond acceptors (Lipinski definition) is 2. The molecule has 26 heavy (non-hydrogen) atoms. The summed E-state index contributed by atoms with van der Waals surface area (Å²) in [6.07, 6.45) is 5.73. The average molecular weight is 360 g/mol. The van der Waals surface area contributed by atoms with Crippen molar-refractivity contribution in [2.45, 2.75) is 57.9 Å². The molecule has 3 rings (SSSR count). The Kier molecular flexibility index (Phi) is 6.28. The van der Waals surface area contributed by atoms with Gasteiger partial charge in [-0.3, -0.25) is 9.59 Å². The first-order valence-electron chi connectivity index (χ1n) is 9.87. The second-order valence-electron chi connectivity index (χ2n) is 7.73. The van der Waals surface area contributed by atoms with E-state index in [0.717, 1.165) is 57.2 Å². The SMILES string of the molecule is CC1CCN(C(=O)[C@@H]2CCCN2C(=O)CCCc2ccc(F)cc2)CC1. The zero-order valence-electron chi connectivity index (χ0n) is 15.6. The fraction of sp³-hybridized carbons (Fsp3) is 0.619. The van der Waals surface area contributed by atoms with E-state index >= 15 is 0 Å². The molecule has 0 aliphatic carbocycles. The number of hydrogen-bond donors (Lipinski definition) is 0. The number of likely N-dealkylation sites (tertiary alicyclic amines) is 2. The minimum Gasteiger partial charge on any atom is -0.341 e. The zero-order valence-corrected chi connectivity index (χ0v) is 15.6. The number of amides is 2. The lowest BCUT2D eigenvalue weighted by molar-refractivity contribution is -0.144. The topological polar surface area (TPSA) is 40.6 Å². The number of halogens is 1. The van der Waals surface area contributed by atoms with Crippen molar-refractivity contribution in [2.24, 2.45) is 5.92 Å². The summed E-state index contributed by atoms with van der Waals surface area (Å²) in [6, 6.07) is 6.16. The third-order valence-electron chi connectivity index (χ3n) is 5.72. The molecule has 0 spiro atoms.